The Morgan fingerprint density at radius 1 is 1.00 bits per heavy atom. The molecule has 0 spiro atoms. The van der Waals surface area contributed by atoms with Crippen molar-refractivity contribution in [3.8, 4) is 5.75 Å². The van der Waals surface area contributed by atoms with Crippen LogP contribution in [0.4, 0.5) is 4.39 Å². The fraction of sp³-hybridized carbons (Fsp3) is 0.0952. The summed E-state index contributed by atoms with van der Waals surface area (Å²) in [5.74, 6) is 0.483. The Morgan fingerprint density at radius 3 is 2.72 bits per heavy atom. The molecule has 0 fully saturated rings. The van der Waals surface area contributed by atoms with E-state index in [2.05, 4.69) is 0 Å². The molecule has 0 saturated heterocycles. The molecule has 1 aromatic heterocycles. The molecule has 4 aromatic rings. The van der Waals surface area contributed by atoms with Gasteiger partial charge in [0.25, 0.3) is 0 Å². The van der Waals surface area contributed by atoms with E-state index in [1.165, 1.54) is 12.1 Å². The average molecular weight is 333 g/mol. The van der Waals surface area contributed by atoms with E-state index in [1.54, 1.807) is 12.3 Å². The molecule has 0 aliphatic heterocycles. The molecule has 0 saturated carbocycles. The molecular formula is C21H16FNO2. The summed E-state index contributed by atoms with van der Waals surface area (Å²) in [5.41, 5.74) is 1.31. The van der Waals surface area contributed by atoms with E-state index in [1.807, 2.05) is 47.0 Å². The number of carbonyl (C=O) groups excluding carboxylic acids is 1. The molecule has 3 nitrogen and oxygen atoms in total. The van der Waals surface area contributed by atoms with Gasteiger partial charge in [0.1, 0.15) is 18.2 Å². The lowest BCUT2D eigenvalue weighted by Crippen LogP contribution is -2.07. The van der Waals surface area contributed by atoms with Crippen molar-refractivity contribution in [3.05, 3.63) is 78.2 Å². The topological polar surface area (TPSA) is 31.2 Å². The van der Waals surface area contributed by atoms with E-state index in [9.17, 15) is 9.18 Å². The van der Waals surface area contributed by atoms with Gasteiger partial charge in [-0.15, -0.1) is 0 Å². The molecule has 0 atom stereocenters. The molecule has 3 aromatic carbocycles. The maximum absolute atomic E-state index is 13.4. The average Bonchev–Trinajstić information content (AvgIpc) is 2.99. The summed E-state index contributed by atoms with van der Waals surface area (Å²) >= 11 is 0. The first kappa shape index (κ1) is 15.4. The highest BCUT2D eigenvalue weighted by Crippen LogP contribution is 2.26. The van der Waals surface area contributed by atoms with E-state index in [0.29, 0.717) is 24.1 Å². The predicted octanol–water partition coefficient (Wildman–Crippen LogP) is 4.83. The van der Waals surface area contributed by atoms with Gasteiger partial charge in [0, 0.05) is 28.0 Å². The minimum Gasteiger partial charge on any atom is -0.491 e. The minimum atomic E-state index is -0.347. The second kappa shape index (κ2) is 6.40. The molecule has 124 valence electrons. The summed E-state index contributed by atoms with van der Waals surface area (Å²) < 4.78 is 21.3. The zero-order chi connectivity index (χ0) is 17.2. The Labute approximate surface area is 144 Å². The number of carbonyl (C=O) groups is 1. The van der Waals surface area contributed by atoms with Crippen LogP contribution in [0, 0.1) is 5.82 Å². The Balaban J connectivity index is 1.57. The smallest absolute Gasteiger partial charge is 0.152 e. The molecule has 0 radical (unpaired) electrons. The fourth-order valence-corrected chi connectivity index (χ4v) is 3.15. The number of hydrogen-bond acceptors (Lipinski definition) is 2. The van der Waals surface area contributed by atoms with E-state index in [4.69, 9.17) is 4.74 Å². The largest absolute Gasteiger partial charge is 0.491 e. The molecule has 0 unspecified atom stereocenters. The summed E-state index contributed by atoms with van der Waals surface area (Å²) in [6.45, 7) is 1.02. The van der Waals surface area contributed by atoms with Crippen molar-refractivity contribution in [1.29, 1.82) is 0 Å². The normalized spacial score (nSPS) is 11.1. The van der Waals surface area contributed by atoms with Crippen molar-refractivity contribution in [2.24, 2.45) is 0 Å². The van der Waals surface area contributed by atoms with Crippen molar-refractivity contribution in [2.75, 3.05) is 6.61 Å². The number of ether oxygens (including phenoxy) is 1. The number of benzene rings is 3. The Hall–Kier alpha value is -3.14. The second-order valence-corrected chi connectivity index (χ2v) is 5.88. The van der Waals surface area contributed by atoms with Gasteiger partial charge in [0.2, 0.25) is 0 Å². The number of rotatable bonds is 5. The first-order valence-corrected chi connectivity index (χ1v) is 8.10. The molecule has 4 rings (SSSR count). The highest BCUT2D eigenvalue weighted by Gasteiger charge is 2.09. The highest BCUT2D eigenvalue weighted by molar-refractivity contribution is 5.97. The van der Waals surface area contributed by atoms with Gasteiger partial charge in [-0.1, -0.05) is 36.4 Å². The molecule has 0 bridgehead atoms. The first-order valence-electron chi connectivity index (χ1n) is 8.10. The Kier molecular flexibility index (Phi) is 3.94. The molecule has 25 heavy (non-hydrogen) atoms. The third-order valence-electron chi connectivity index (χ3n) is 4.34. The summed E-state index contributed by atoms with van der Waals surface area (Å²) in [6.07, 6.45) is 2.49. The predicted molar refractivity (Wildman–Crippen MR) is 96.7 cm³/mol. The van der Waals surface area contributed by atoms with Crippen LogP contribution >= 0.6 is 0 Å². The fourth-order valence-electron chi connectivity index (χ4n) is 3.15. The van der Waals surface area contributed by atoms with E-state index >= 15 is 0 Å². The van der Waals surface area contributed by atoms with Gasteiger partial charge in [-0.3, -0.25) is 4.79 Å². The van der Waals surface area contributed by atoms with Crippen LogP contribution in [0.25, 0.3) is 21.7 Å². The lowest BCUT2D eigenvalue weighted by atomic mass is 10.1. The van der Waals surface area contributed by atoms with E-state index in [-0.39, 0.29) is 5.82 Å². The van der Waals surface area contributed by atoms with Crippen molar-refractivity contribution < 1.29 is 13.9 Å². The summed E-state index contributed by atoms with van der Waals surface area (Å²) in [5, 5.41) is 2.82. The number of fused-ring (bicyclic) bond motifs is 2. The van der Waals surface area contributed by atoms with Crippen molar-refractivity contribution in [1.82, 2.24) is 4.57 Å². The van der Waals surface area contributed by atoms with Crippen molar-refractivity contribution in [3.63, 3.8) is 0 Å². The molecular weight excluding hydrogens is 317 g/mol. The third-order valence-corrected chi connectivity index (χ3v) is 4.34. The second-order valence-electron chi connectivity index (χ2n) is 5.88. The van der Waals surface area contributed by atoms with Gasteiger partial charge in [-0.05, 0) is 29.7 Å². The number of aldehydes is 1. The zero-order valence-corrected chi connectivity index (χ0v) is 13.5. The third kappa shape index (κ3) is 2.87. The van der Waals surface area contributed by atoms with Gasteiger partial charge in [0.05, 0.1) is 6.54 Å². The first-order chi connectivity index (χ1) is 12.3. The molecule has 4 heteroatoms. The number of halogens is 1. The van der Waals surface area contributed by atoms with Gasteiger partial charge in [-0.2, -0.15) is 0 Å². The van der Waals surface area contributed by atoms with Crippen LogP contribution in [-0.4, -0.2) is 17.5 Å². The van der Waals surface area contributed by atoms with Crippen LogP contribution < -0.4 is 4.74 Å². The summed E-state index contributed by atoms with van der Waals surface area (Å²) in [4.78, 5) is 11.2. The molecule has 0 aliphatic rings. The monoisotopic (exact) mass is 333 g/mol. The van der Waals surface area contributed by atoms with E-state index in [0.717, 1.165) is 28.3 Å². The molecule has 0 N–H and O–H groups in total. The maximum atomic E-state index is 13.4. The number of aromatic nitrogens is 1. The van der Waals surface area contributed by atoms with Crippen LogP contribution in [0.3, 0.4) is 0 Å². The van der Waals surface area contributed by atoms with Gasteiger partial charge in [0.15, 0.2) is 6.29 Å². The standard InChI is InChI=1S/C21H16FNO2/c22-17-8-9-20-19(12-17)16(14-24)13-23(20)10-11-25-21-7-3-5-15-4-1-2-6-18(15)21/h1-9,12-14H,10-11H2. The maximum Gasteiger partial charge on any atom is 0.152 e. The van der Waals surface area contributed by atoms with Crippen molar-refractivity contribution >= 4 is 28.0 Å². The lowest BCUT2D eigenvalue weighted by molar-refractivity contribution is 0.112. The SMILES string of the molecule is O=Cc1cn(CCOc2cccc3ccccc23)c2ccc(F)cc12. The highest BCUT2D eigenvalue weighted by atomic mass is 19.1. The zero-order valence-electron chi connectivity index (χ0n) is 13.5. The van der Waals surface area contributed by atoms with Gasteiger partial charge >= 0.3 is 0 Å². The molecule has 1 heterocycles. The number of nitrogens with zero attached hydrogens (tertiary/aromatic N) is 1. The van der Waals surface area contributed by atoms with Crippen LogP contribution in [0.1, 0.15) is 10.4 Å². The Bertz CT molecular complexity index is 1060. The molecule has 0 amide bonds. The van der Waals surface area contributed by atoms with Gasteiger partial charge in [-0.25, -0.2) is 4.39 Å². The molecule has 0 aliphatic carbocycles. The number of hydrogen-bond donors (Lipinski definition) is 0. The lowest BCUT2D eigenvalue weighted by Gasteiger charge is -2.10. The minimum absolute atomic E-state index is 0.347. The van der Waals surface area contributed by atoms with Crippen LogP contribution in [0.5, 0.6) is 5.75 Å². The van der Waals surface area contributed by atoms with Crippen LogP contribution in [0.15, 0.2) is 66.9 Å². The van der Waals surface area contributed by atoms with E-state index < -0.39 is 0 Å². The summed E-state index contributed by atoms with van der Waals surface area (Å²) in [7, 11) is 0. The van der Waals surface area contributed by atoms with Gasteiger partial charge < -0.3 is 9.30 Å². The van der Waals surface area contributed by atoms with Crippen LogP contribution in [-0.2, 0) is 6.54 Å². The van der Waals surface area contributed by atoms with Crippen molar-refractivity contribution in [2.45, 2.75) is 6.54 Å². The summed E-state index contributed by atoms with van der Waals surface area (Å²) in [6, 6.07) is 18.5. The Morgan fingerprint density at radius 2 is 1.84 bits per heavy atom. The quantitative estimate of drug-likeness (QED) is 0.490. The van der Waals surface area contributed by atoms with Crippen LogP contribution in [0.2, 0.25) is 0 Å².